The van der Waals surface area contributed by atoms with Crippen LogP contribution < -0.4 is 0 Å². The average molecular weight is 421 g/mol. The number of hydrogen-bond donors (Lipinski definition) is 4. The van der Waals surface area contributed by atoms with E-state index in [0.717, 1.165) is 12.8 Å². The van der Waals surface area contributed by atoms with E-state index >= 15 is 0 Å². The van der Waals surface area contributed by atoms with Crippen LogP contribution in [-0.2, 0) is 28.8 Å². The molecule has 1 heterocycles. The number of hydrogen-bond acceptors (Lipinski definition) is 8. The second-order valence-corrected chi connectivity index (χ2v) is 8.22. The van der Waals surface area contributed by atoms with E-state index in [2.05, 4.69) is 27.7 Å². The Morgan fingerprint density at radius 1 is 0.966 bits per heavy atom. The molecule has 0 bridgehead atoms. The minimum atomic E-state index is -2.74. The van der Waals surface area contributed by atoms with Gasteiger partial charge in [-0.25, -0.2) is 4.79 Å². The van der Waals surface area contributed by atoms with Crippen molar-refractivity contribution in [3.05, 3.63) is 0 Å². The molecule has 0 atom stereocenters. The number of aliphatic carboxylic acids is 3. The Morgan fingerprint density at radius 2 is 1.34 bits per heavy atom. The van der Waals surface area contributed by atoms with Gasteiger partial charge >= 0.3 is 23.9 Å². The second kappa shape index (κ2) is 9.99. The van der Waals surface area contributed by atoms with Crippen molar-refractivity contribution in [1.29, 1.82) is 0 Å². The molecule has 168 valence electrons. The van der Waals surface area contributed by atoms with Crippen molar-refractivity contribution < 1.29 is 49.2 Å². The minimum absolute atomic E-state index is 0.0195. The van der Waals surface area contributed by atoms with Gasteiger partial charge in [-0.05, 0) is 27.7 Å². The number of hydroxylamine groups is 2. The Balaban J connectivity index is 0.000000555. The van der Waals surface area contributed by atoms with Crippen LogP contribution in [0.1, 0.15) is 60.3 Å². The van der Waals surface area contributed by atoms with E-state index in [1.807, 2.05) is 5.06 Å². The molecule has 0 aliphatic carbocycles. The number of piperidine rings is 1. The van der Waals surface area contributed by atoms with Crippen LogP contribution >= 0.6 is 0 Å². The van der Waals surface area contributed by atoms with Gasteiger partial charge in [0.25, 0.3) is 0 Å². The number of carbonyl (C=O) groups excluding carboxylic acids is 1. The summed E-state index contributed by atoms with van der Waals surface area (Å²) in [5.74, 6) is -5.22. The highest BCUT2D eigenvalue weighted by molar-refractivity contribution is 5.88. The van der Waals surface area contributed by atoms with Gasteiger partial charge in [0, 0.05) is 30.8 Å². The SMILES string of the molecule is CON1C(C)(C)CC(OC(C)=O)CC1(C)C.O=C(O)CC(O)(CC(=O)O)C(=O)O. The largest absolute Gasteiger partial charge is 0.481 e. The summed E-state index contributed by atoms with van der Waals surface area (Å²) < 4.78 is 5.33. The summed E-state index contributed by atoms with van der Waals surface area (Å²) in [7, 11) is 1.69. The minimum Gasteiger partial charge on any atom is -0.481 e. The maximum absolute atomic E-state index is 11.0. The highest BCUT2D eigenvalue weighted by Crippen LogP contribution is 2.39. The Bertz CT molecular complexity index is 594. The summed E-state index contributed by atoms with van der Waals surface area (Å²) in [6.07, 6.45) is -0.717. The summed E-state index contributed by atoms with van der Waals surface area (Å²) in [6, 6.07) is 0. The Hall–Kier alpha value is -2.24. The fourth-order valence-corrected chi connectivity index (χ4v) is 3.70. The van der Waals surface area contributed by atoms with Gasteiger partial charge in [-0.3, -0.25) is 14.4 Å². The topological polar surface area (TPSA) is 171 Å². The zero-order valence-corrected chi connectivity index (χ0v) is 17.6. The number of carboxylic acid groups (broad SMARTS) is 3. The maximum Gasteiger partial charge on any atom is 0.336 e. The first kappa shape index (κ1) is 26.8. The molecular weight excluding hydrogens is 390 g/mol. The van der Waals surface area contributed by atoms with E-state index in [1.54, 1.807) is 7.11 Å². The number of rotatable bonds is 7. The fraction of sp³-hybridized carbons (Fsp3) is 0.778. The third-order valence-electron chi connectivity index (χ3n) is 4.35. The molecule has 1 aliphatic heterocycles. The number of carbonyl (C=O) groups is 4. The molecule has 1 rings (SSSR count). The number of aliphatic hydroxyl groups is 1. The van der Waals surface area contributed by atoms with E-state index in [4.69, 9.17) is 30.0 Å². The van der Waals surface area contributed by atoms with E-state index < -0.39 is 36.4 Å². The molecule has 11 nitrogen and oxygen atoms in total. The standard InChI is InChI=1S/C12H23NO3.C6H8O7/c1-9(14)16-10-7-11(2,3)13(15-6)12(4,5)8-10;7-3(8)1-6(13,5(11)12)2-4(9)10/h10H,7-8H2,1-6H3;13H,1-2H2,(H,7,8)(H,9,10)(H,11,12). The first-order valence-electron chi connectivity index (χ1n) is 8.88. The fourth-order valence-electron chi connectivity index (χ4n) is 3.70. The molecule has 0 spiro atoms. The van der Waals surface area contributed by atoms with Crippen LogP contribution in [0.4, 0.5) is 0 Å². The molecule has 0 radical (unpaired) electrons. The van der Waals surface area contributed by atoms with Gasteiger partial charge in [-0.2, -0.15) is 5.06 Å². The summed E-state index contributed by atoms with van der Waals surface area (Å²) in [5.41, 5.74) is -3.00. The van der Waals surface area contributed by atoms with Gasteiger partial charge in [-0.1, -0.05) is 0 Å². The molecule has 0 aromatic rings. The van der Waals surface area contributed by atoms with E-state index in [-0.39, 0.29) is 23.2 Å². The molecule has 1 saturated heterocycles. The van der Waals surface area contributed by atoms with Crippen LogP contribution in [0.25, 0.3) is 0 Å². The van der Waals surface area contributed by atoms with E-state index in [1.165, 1.54) is 6.92 Å². The van der Waals surface area contributed by atoms with E-state index in [9.17, 15) is 19.2 Å². The predicted molar refractivity (Wildman–Crippen MR) is 98.9 cm³/mol. The van der Waals surface area contributed by atoms with E-state index in [0.29, 0.717) is 0 Å². The van der Waals surface area contributed by atoms with Crippen LogP contribution in [0.5, 0.6) is 0 Å². The lowest BCUT2D eigenvalue weighted by atomic mass is 9.80. The van der Waals surface area contributed by atoms with Crippen molar-refractivity contribution in [1.82, 2.24) is 5.06 Å². The summed E-state index contributed by atoms with van der Waals surface area (Å²) in [5, 5.41) is 35.8. The first-order chi connectivity index (χ1) is 13.0. The number of ether oxygens (including phenoxy) is 1. The highest BCUT2D eigenvalue weighted by Gasteiger charge is 2.47. The number of carboxylic acids is 3. The average Bonchev–Trinajstić information content (AvgIpc) is 2.42. The molecule has 1 aliphatic rings. The molecule has 29 heavy (non-hydrogen) atoms. The highest BCUT2D eigenvalue weighted by atomic mass is 16.7. The molecule has 0 unspecified atom stereocenters. The monoisotopic (exact) mass is 421 g/mol. The second-order valence-electron chi connectivity index (χ2n) is 8.22. The van der Waals surface area contributed by atoms with Crippen molar-refractivity contribution >= 4 is 23.9 Å². The maximum atomic E-state index is 11.0. The predicted octanol–water partition coefficient (Wildman–Crippen LogP) is 0.884. The zero-order chi connectivity index (χ0) is 23.2. The Morgan fingerprint density at radius 3 is 1.59 bits per heavy atom. The Labute approximate surface area is 169 Å². The van der Waals surface area contributed by atoms with Gasteiger partial charge in [0.2, 0.25) is 0 Å². The third kappa shape index (κ3) is 8.34. The summed E-state index contributed by atoms with van der Waals surface area (Å²) in [6.45, 7) is 9.88. The lowest BCUT2D eigenvalue weighted by Crippen LogP contribution is -2.61. The van der Waals surface area contributed by atoms with Crippen LogP contribution in [0.2, 0.25) is 0 Å². The van der Waals surface area contributed by atoms with Crippen molar-refractivity contribution in [3.63, 3.8) is 0 Å². The lowest BCUT2D eigenvalue weighted by molar-refractivity contribution is -0.278. The Kier molecular flexibility index (Phi) is 9.22. The van der Waals surface area contributed by atoms with Crippen LogP contribution in [0, 0.1) is 0 Å². The van der Waals surface area contributed by atoms with Crippen LogP contribution in [-0.4, -0.2) is 79.3 Å². The van der Waals surface area contributed by atoms with Crippen molar-refractivity contribution in [3.8, 4) is 0 Å². The molecule has 0 aromatic heterocycles. The molecule has 1 fully saturated rings. The molecular formula is C18H31NO10. The number of esters is 1. The smallest absolute Gasteiger partial charge is 0.336 e. The van der Waals surface area contributed by atoms with Crippen molar-refractivity contribution in [2.45, 2.75) is 83.1 Å². The molecule has 0 saturated carbocycles. The molecule has 11 heteroatoms. The van der Waals surface area contributed by atoms with Gasteiger partial charge in [-0.15, -0.1) is 0 Å². The first-order valence-corrected chi connectivity index (χ1v) is 8.88. The van der Waals surface area contributed by atoms with Crippen molar-refractivity contribution in [2.24, 2.45) is 0 Å². The van der Waals surface area contributed by atoms with Gasteiger partial charge < -0.3 is 30.0 Å². The van der Waals surface area contributed by atoms with Crippen LogP contribution in [0.15, 0.2) is 0 Å². The molecule has 0 amide bonds. The zero-order valence-electron chi connectivity index (χ0n) is 17.6. The lowest BCUT2D eigenvalue weighted by Gasteiger charge is -2.52. The summed E-state index contributed by atoms with van der Waals surface area (Å²) >= 11 is 0. The summed E-state index contributed by atoms with van der Waals surface area (Å²) in [4.78, 5) is 47.0. The van der Waals surface area contributed by atoms with Gasteiger partial charge in [0.05, 0.1) is 20.0 Å². The quantitative estimate of drug-likeness (QED) is 0.430. The van der Waals surface area contributed by atoms with Gasteiger partial charge in [0.15, 0.2) is 5.60 Å². The molecule has 4 N–H and O–H groups in total. The molecule has 0 aromatic carbocycles. The number of nitrogens with zero attached hydrogens (tertiary/aromatic N) is 1. The van der Waals surface area contributed by atoms with Gasteiger partial charge in [0.1, 0.15) is 6.10 Å². The third-order valence-corrected chi connectivity index (χ3v) is 4.35. The van der Waals surface area contributed by atoms with Crippen molar-refractivity contribution in [2.75, 3.05) is 7.11 Å². The van der Waals surface area contributed by atoms with Crippen LogP contribution in [0.3, 0.4) is 0 Å². The normalized spacial score (nSPS) is 18.9.